The number of hydrogen-bond acceptors (Lipinski definition) is 6. The summed E-state index contributed by atoms with van der Waals surface area (Å²) < 4.78 is 14.9. The fourth-order valence-corrected chi connectivity index (χ4v) is 2.20. The summed E-state index contributed by atoms with van der Waals surface area (Å²) >= 11 is 0. The Balaban J connectivity index is 2.70. The molecular weight excluding hydrogens is 326 g/mol. The van der Waals surface area contributed by atoms with Crippen LogP contribution < -0.4 is 10.1 Å². The van der Waals surface area contributed by atoms with Crippen LogP contribution in [0.5, 0.6) is 5.75 Å². The Labute approximate surface area is 147 Å². The highest BCUT2D eigenvalue weighted by molar-refractivity contribution is 5.94. The smallest absolute Gasteiger partial charge is 0.342 e. The minimum absolute atomic E-state index is 0.107. The summed E-state index contributed by atoms with van der Waals surface area (Å²) in [6, 6.07) is 4.29. The number of aryl methyl sites for hydroxylation is 1. The van der Waals surface area contributed by atoms with Crippen molar-refractivity contribution in [3.8, 4) is 5.75 Å². The van der Waals surface area contributed by atoms with Crippen molar-refractivity contribution in [1.29, 1.82) is 0 Å². The van der Waals surface area contributed by atoms with E-state index < -0.39 is 30.5 Å². The maximum atomic E-state index is 12.2. The second kappa shape index (κ2) is 9.66. The number of rotatable bonds is 8. The van der Waals surface area contributed by atoms with Gasteiger partial charge >= 0.3 is 11.9 Å². The van der Waals surface area contributed by atoms with Gasteiger partial charge in [-0.2, -0.15) is 0 Å². The normalized spacial score (nSPS) is 12.7. The van der Waals surface area contributed by atoms with E-state index in [9.17, 15) is 14.4 Å². The SMILES string of the molecule is CC[C@H](C)[C@@H](NC(=O)COC(=O)c1cc(C)ccc1OC)C(=O)OC. The second-order valence-corrected chi connectivity index (χ2v) is 5.73. The third-order valence-corrected chi connectivity index (χ3v) is 3.89. The molecule has 0 saturated heterocycles. The van der Waals surface area contributed by atoms with Crippen LogP contribution in [0, 0.1) is 12.8 Å². The largest absolute Gasteiger partial charge is 0.496 e. The number of esters is 2. The molecular formula is C18H25NO6. The Hall–Kier alpha value is -2.57. The van der Waals surface area contributed by atoms with E-state index in [4.69, 9.17) is 14.2 Å². The molecule has 25 heavy (non-hydrogen) atoms. The first-order valence-electron chi connectivity index (χ1n) is 8.02. The number of ether oxygens (including phenoxy) is 3. The number of hydrogen-bond donors (Lipinski definition) is 1. The fourth-order valence-electron chi connectivity index (χ4n) is 2.20. The molecule has 7 nitrogen and oxygen atoms in total. The van der Waals surface area contributed by atoms with Crippen LogP contribution in [-0.4, -0.2) is 44.7 Å². The molecule has 1 aromatic rings. The van der Waals surface area contributed by atoms with Crippen molar-refractivity contribution >= 4 is 17.8 Å². The highest BCUT2D eigenvalue weighted by Gasteiger charge is 2.27. The zero-order valence-electron chi connectivity index (χ0n) is 15.3. The van der Waals surface area contributed by atoms with Crippen LogP contribution in [0.15, 0.2) is 18.2 Å². The molecule has 0 heterocycles. The first kappa shape index (κ1) is 20.5. The van der Waals surface area contributed by atoms with Crippen molar-refractivity contribution in [2.75, 3.05) is 20.8 Å². The van der Waals surface area contributed by atoms with Gasteiger partial charge in [0.2, 0.25) is 0 Å². The lowest BCUT2D eigenvalue weighted by atomic mass is 9.99. The molecule has 0 fully saturated rings. The highest BCUT2D eigenvalue weighted by Crippen LogP contribution is 2.20. The predicted octanol–water partition coefficient (Wildman–Crippen LogP) is 1.86. The van der Waals surface area contributed by atoms with Gasteiger partial charge in [0.15, 0.2) is 6.61 Å². The molecule has 138 valence electrons. The Kier molecular flexibility index (Phi) is 7.91. The Morgan fingerprint density at radius 2 is 1.88 bits per heavy atom. The first-order valence-corrected chi connectivity index (χ1v) is 8.02. The molecule has 0 bridgehead atoms. The van der Waals surface area contributed by atoms with E-state index in [1.165, 1.54) is 14.2 Å². The van der Waals surface area contributed by atoms with Gasteiger partial charge < -0.3 is 19.5 Å². The first-order chi connectivity index (χ1) is 11.8. The monoisotopic (exact) mass is 351 g/mol. The Morgan fingerprint density at radius 1 is 1.20 bits per heavy atom. The molecule has 0 radical (unpaired) electrons. The van der Waals surface area contributed by atoms with Gasteiger partial charge in [-0.3, -0.25) is 4.79 Å². The average molecular weight is 351 g/mol. The van der Waals surface area contributed by atoms with Crippen LogP contribution in [0.3, 0.4) is 0 Å². The van der Waals surface area contributed by atoms with E-state index in [2.05, 4.69) is 5.32 Å². The quantitative estimate of drug-likeness (QED) is 0.719. The Bertz CT molecular complexity index is 628. The van der Waals surface area contributed by atoms with Crippen molar-refractivity contribution in [2.24, 2.45) is 5.92 Å². The summed E-state index contributed by atoms with van der Waals surface area (Å²) in [5.41, 5.74) is 1.10. The lowest BCUT2D eigenvalue weighted by Gasteiger charge is -2.21. The van der Waals surface area contributed by atoms with Crippen molar-refractivity contribution < 1.29 is 28.6 Å². The van der Waals surface area contributed by atoms with Gasteiger partial charge in [-0.05, 0) is 25.0 Å². The molecule has 0 aromatic heterocycles. The molecule has 0 saturated carbocycles. The number of nitrogens with one attached hydrogen (secondary N) is 1. The van der Waals surface area contributed by atoms with Gasteiger partial charge in [0.05, 0.1) is 14.2 Å². The molecule has 1 N–H and O–H groups in total. The van der Waals surface area contributed by atoms with Crippen LogP contribution in [-0.2, 0) is 19.1 Å². The summed E-state index contributed by atoms with van der Waals surface area (Å²) in [5, 5.41) is 2.54. The van der Waals surface area contributed by atoms with Crippen molar-refractivity contribution in [1.82, 2.24) is 5.32 Å². The third kappa shape index (κ3) is 5.77. The summed E-state index contributed by atoms with van der Waals surface area (Å²) in [7, 11) is 2.70. The predicted molar refractivity (Wildman–Crippen MR) is 91.4 cm³/mol. The number of amides is 1. The maximum Gasteiger partial charge on any atom is 0.342 e. The summed E-state index contributed by atoms with van der Waals surface area (Å²) in [6.45, 7) is 5.05. The molecule has 0 aliphatic rings. The number of carbonyl (C=O) groups excluding carboxylic acids is 3. The molecule has 1 aromatic carbocycles. The number of methoxy groups -OCH3 is 2. The molecule has 0 unspecified atom stereocenters. The van der Waals surface area contributed by atoms with Crippen LogP contribution in [0.25, 0.3) is 0 Å². The van der Waals surface area contributed by atoms with Crippen LogP contribution in [0.4, 0.5) is 0 Å². The van der Waals surface area contributed by atoms with E-state index in [1.54, 1.807) is 18.2 Å². The van der Waals surface area contributed by atoms with Crippen LogP contribution >= 0.6 is 0 Å². The average Bonchev–Trinajstić information content (AvgIpc) is 2.62. The van der Waals surface area contributed by atoms with Crippen molar-refractivity contribution in [2.45, 2.75) is 33.2 Å². The lowest BCUT2D eigenvalue weighted by molar-refractivity contribution is -0.147. The topological polar surface area (TPSA) is 90.9 Å². The van der Waals surface area contributed by atoms with Crippen LogP contribution in [0.1, 0.15) is 36.2 Å². The molecule has 1 rings (SSSR count). The highest BCUT2D eigenvalue weighted by atomic mass is 16.5. The van der Waals surface area contributed by atoms with Crippen molar-refractivity contribution in [3.05, 3.63) is 29.3 Å². The third-order valence-electron chi connectivity index (χ3n) is 3.89. The molecule has 1 amide bonds. The Morgan fingerprint density at radius 3 is 2.44 bits per heavy atom. The number of benzene rings is 1. The summed E-state index contributed by atoms with van der Waals surface area (Å²) in [5.74, 6) is -1.52. The lowest BCUT2D eigenvalue weighted by Crippen LogP contribution is -2.47. The minimum atomic E-state index is -0.783. The van der Waals surface area contributed by atoms with E-state index in [0.29, 0.717) is 12.2 Å². The second-order valence-electron chi connectivity index (χ2n) is 5.73. The zero-order chi connectivity index (χ0) is 19.0. The molecule has 2 atom stereocenters. The van der Waals surface area contributed by atoms with Crippen molar-refractivity contribution in [3.63, 3.8) is 0 Å². The van der Waals surface area contributed by atoms with E-state index in [1.807, 2.05) is 20.8 Å². The maximum absolute atomic E-state index is 12.2. The molecule has 0 aliphatic heterocycles. The molecule has 7 heteroatoms. The van der Waals surface area contributed by atoms with Gasteiger partial charge in [-0.1, -0.05) is 31.9 Å². The van der Waals surface area contributed by atoms with Gasteiger partial charge in [0.1, 0.15) is 17.4 Å². The molecule has 0 aliphatic carbocycles. The van der Waals surface area contributed by atoms with Gasteiger partial charge in [0, 0.05) is 0 Å². The molecule has 0 spiro atoms. The van der Waals surface area contributed by atoms with E-state index >= 15 is 0 Å². The fraction of sp³-hybridized carbons (Fsp3) is 0.500. The van der Waals surface area contributed by atoms with E-state index in [-0.39, 0.29) is 11.5 Å². The summed E-state index contributed by atoms with van der Waals surface area (Å²) in [4.78, 5) is 36.0. The number of carbonyl (C=O) groups is 3. The zero-order valence-corrected chi connectivity index (χ0v) is 15.3. The van der Waals surface area contributed by atoms with Gasteiger partial charge in [-0.15, -0.1) is 0 Å². The van der Waals surface area contributed by atoms with Gasteiger partial charge in [0.25, 0.3) is 5.91 Å². The minimum Gasteiger partial charge on any atom is -0.496 e. The summed E-state index contributed by atoms with van der Waals surface area (Å²) in [6.07, 6.45) is 0.681. The van der Waals surface area contributed by atoms with E-state index in [0.717, 1.165) is 5.56 Å². The van der Waals surface area contributed by atoms with Gasteiger partial charge in [-0.25, -0.2) is 9.59 Å². The van der Waals surface area contributed by atoms with Crippen LogP contribution in [0.2, 0.25) is 0 Å². The standard InChI is InChI=1S/C18H25NO6/c1-6-12(3)16(18(22)24-5)19-15(20)10-25-17(21)13-9-11(2)7-8-14(13)23-4/h7-9,12,16H,6,10H2,1-5H3,(H,19,20)/t12-,16+/m0/s1.